The molecule has 1 unspecified atom stereocenters. The Balaban J connectivity index is 2.15. The van der Waals surface area contributed by atoms with Crippen LogP contribution in [-0.4, -0.2) is 22.0 Å². The molecule has 0 aliphatic rings. The van der Waals surface area contributed by atoms with Crippen LogP contribution in [0.2, 0.25) is 0 Å². The number of aliphatic hydroxyl groups excluding tert-OH is 1. The van der Waals surface area contributed by atoms with Gasteiger partial charge in [0.2, 0.25) is 0 Å². The number of benzene rings is 1. The Morgan fingerprint density at radius 3 is 2.90 bits per heavy atom. The molecule has 110 valence electrons. The van der Waals surface area contributed by atoms with E-state index in [9.17, 15) is 9.50 Å². The summed E-state index contributed by atoms with van der Waals surface area (Å²) in [5, 5.41) is 15.3. The lowest BCUT2D eigenvalue weighted by Crippen LogP contribution is -2.08. The predicted octanol–water partition coefficient (Wildman–Crippen LogP) is 2.70. The third-order valence-corrected chi connectivity index (χ3v) is 3.61. The van der Waals surface area contributed by atoms with E-state index in [-0.39, 0.29) is 5.82 Å². The van der Waals surface area contributed by atoms with Crippen molar-refractivity contribution in [3.63, 3.8) is 0 Å². The molecule has 0 saturated carbocycles. The van der Waals surface area contributed by atoms with E-state index in [2.05, 4.69) is 5.10 Å². The fraction of sp³-hybridized carbons (Fsp3) is 0.267. The van der Waals surface area contributed by atoms with Gasteiger partial charge in [-0.3, -0.25) is 4.68 Å². The Bertz CT molecular complexity index is 807. The standard InChI is InChI=1S/C15H15FN2O3/c1-8-10-6-9(16)4-5-11(10)21-15(8)14(19)13-12(20-3)7-17-18(13)2/h4-7,14,19H,1-3H3. The molecule has 1 aromatic carbocycles. The summed E-state index contributed by atoms with van der Waals surface area (Å²) in [5.41, 5.74) is 1.71. The van der Waals surface area contributed by atoms with Gasteiger partial charge in [-0.1, -0.05) is 0 Å². The largest absolute Gasteiger partial charge is 0.493 e. The number of hydrogen-bond acceptors (Lipinski definition) is 4. The van der Waals surface area contributed by atoms with Gasteiger partial charge in [0.25, 0.3) is 0 Å². The number of hydrogen-bond donors (Lipinski definition) is 1. The first kappa shape index (κ1) is 13.6. The number of halogens is 1. The summed E-state index contributed by atoms with van der Waals surface area (Å²) in [7, 11) is 3.22. The lowest BCUT2D eigenvalue weighted by molar-refractivity contribution is 0.177. The normalized spacial score (nSPS) is 12.8. The predicted molar refractivity (Wildman–Crippen MR) is 74.7 cm³/mol. The molecule has 0 fully saturated rings. The molecule has 0 aliphatic heterocycles. The molecule has 2 heterocycles. The third-order valence-electron chi connectivity index (χ3n) is 3.61. The van der Waals surface area contributed by atoms with Crippen LogP contribution in [0.4, 0.5) is 4.39 Å². The van der Waals surface area contributed by atoms with Gasteiger partial charge in [0.1, 0.15) is 22.9 Å². The zero-order valence-corrected chi connectivity index (χ0v) is 11.9. The van der Waals surface area contributed by atoms with E-state index < -0.39 is 6.10 Å². The molecule has 6 heteroatoms. The molecule has 1 atom stereocenters. The summed E-state index contributed by atoms with van der Waals surface area (Å²) in [4.78, 5) is 0. The van der Waals surface area contributed by atoms with Gasteiger partial charge in [-0.2, -0.15) is 5.10 Å². The van der Waals surface area contributed by atoms with Crippen LogP contribution >= 0.6 is 0 Å². The second kappa shape index (κ2) is 4.89. The topological polar surface area (TPSA) is 60.4 Å². The number of aromatic nitrogens is 2. The van der Waals surface area contributed by atoms with Crippen molar-refractivity contribution in [1.29, 1.82) is 0 Å². The van der Waals surface area contributed by atoms with E-state index in [1.807, 2.05) is 0 Å². The third kappa shape index (κ3) is 2.08. The number of aryl methyl sites for hydroxylation is 2. The van der Waals surface area contributed by atoms with Crippen LogP contribution in [0, 0.1) is 12.7 Å². The SMILES string of the molecule is COc1cnn(C)c1C(O)c1oc2ccc(F)cc2c1C. The highest BCUT2D eigenvalue weighted by Gasteiger charge is 2.26. The van der Waals surface area contributed by atoms with E-state index in [4.69, 9.17) is 9.15 Å². The van der Waals surface area contributed by atoms with Crippen LogP contribution in [0.3, 0.4) is 0 Å². The average Bonchev–Trinajstić information content (AvgIpc) is 2.99. The first-order chi connectivity index (χ1) is 10.0. The molecule has 21 heavy (non-hydrogen) atoms. The van der Waals surface area contributed by atoms with Gasteiger partial charge in [0.05, 0.1) is 13.3 Å². The number of fused-ring (bicyclic) bond motifs is 1. The Kier molecular flexibility index (Phi) is 3.17. The number of nitrogens with zero attached hydrogens (tertiary/aromatic N) is 2. The van der Waals surface area contributed by atoms with Crippen molar-refractivity contribution in [2.45, 2.75) is 13.0 Å². The monoisotopic (exact) mass is 290 g/mol. The molecule has 0 radical (unpaired) electrons. The Morgan fingerprint density at radius 2 is 2.19 bits per heavy atom. The van der Waals surface area contributed by atoms with Crippen molar-refractivity contribution in [3.8, 4) is 5.75 Å². The first-order valence-corrected chi connectivity index (χ1v) is 6.45. The molecule has 0 bridgehead atoms. The van der Waals surface area contributed by atoms with Crippen LogP contribution in [0.25, 0.3) is 11.0 Å². The maximum atomic E-state index is 13.3. The molecule has 3 rings (SSSR count). The Morgan fingerprint density at radius 1 is 1.43 bits per heavy atom. The molecule has 1 N–H and O–H groups in total. The highest BCUT2D eigenvalue weighted by atomic mass is 19.1. The van der Waals surface area contributed by atoms with E-state index in [1.165, 1.54) is 30.1 Å². The first-order valence-electron chi connectivity index (χ1n) is 6.45. The fourth-order valence-corrected chi connectivity index (χ4v) is 2.49. The van der Waals surface area contributed by atoms with Gasteiger partial charge in [0, 0.05) is 18.0 Å². The number of aliphatic hydroxyl groups is 1. The second-order valence-electron chi connectivity index (χ2n) is 4.86. The summed E-state index contributed by atoms with van der Waals surface area (Å²) >= 11 is 0. The van der Waals surface area contributed by atoms with Crippen LogP contribution in [0.15, 0.2) is 28.8 Å². The highest BCUT2D eigenvalue weighted by Crippen LogP contribution is 2.35. The minimum atomic E-state index is -1.04. The molecule has 0 amide bonds. The molecule has 0 spiro atoms. The second-order valence-corrected chi connectivity index (χ2v) is 4.86. The van der Waals surface area contributed by atoms with Crippen LogP contribution < -0.4 is 4.74 Å². The number of rotatable bonds is 3. The molecular weight excluding hydrogens is 275 g/mol. The smallest absolute Gasteiger partial charge is 0.163 e. The zero-order valence-electron chi connectivity index (χ0n) is 11.9. The summed E-state index contributed by atoms with van der Waals surface area (Å²) in [6.07, 6.45) is 0.485. The molecular formula is C15H15FN2O3. The Hall–Kier alpha value is -2.34. The van der Waals surface area contributed by atoms with Crippen LogP contribution in [0.5, 0.6) is 5.75 Å². The van der Waals surface area contributed by atoms with Gasteiger partial charge < -0.3 is 14.3 Å². The average molecular weight is 290 g/mol. The highest BCUT2D eigenvalue weighted by molar-refractivity contribution is 5.82. The number of furan rings is 1. The van der Waals surface area contributed by atoms with E-state index in [0.29, 0.717) is 33.7 Å². The van der Waals surface area contributed by atoms with Crippen LogP contribution in [-0.2, 0) is 7.05 Å². The quantitative estimate of drug-likeness (QED) is 0.805. The van der Waals surface area contributed by atoms with Crippen molar-refractivity contribution in [2.75, 3.05) is 7.11 Å². The number of methoxy groups -OCH3 is 1. The Labute approximate surface area is 120 Å². The lowest BCUT2D eigenvalue weighted by atomic mass is 10.1. The lowest BCUT2D eigenvalue weighted by Gasteiger charge is -2.11. The van der Waals surface area contributed by atoms with Crippen molar-refractivity contribution in [1.82, 2.24) is 9.78 Å². The van der Waals surface area contributed by atoms with Gasteiger partial charge in [-0.15, -0.1) is 0 Å². The van der Waals surface area contributed by atoms with Gasteiger partial charge in [-0.05, 0) is 25.1 Å². The zero-order chi connectivity index (χ0) is 15.1. The van der Waals surface area contributed by atoms with Gasteiger partial charge >= 0.3 is 0 Å². The van der Waals surface area contributed by atoms with Crippen molar-refractivity contribution < 1.29 is 18.7 Å². The summed E-state index contributed by atoms with van der Waals surface area (Å²) < 4.78 is 25.7. The van der Waals surface area contributed by atoms with E-state index >= 15 is 0 Å². The van der Waals surface area contributed by atoms with Crippen LogP contribution in [0.1, 0.15) is 23.1 Å². The van der Waals surface area contributed by atoms with E-state index in [1.54, 1.807) is 20.0 Å². The fourth-order valence-electron chi connectivity index (χ4n) is 2.49. The van der Waals surface area contributed by atoms with Gasteiger partial charge in [0.15, 0.2) is 11.9 Å². The molecule has 0 aliphatic carbocycles. The minimum Gasteiger partial charge on any atom is -0.493 e. The number of ether oxygens (including phenoxy) is 1. The van der Waals surface area contributed by atoms with Gasteiger partial charge in [-0.25, -0.2) is 4.39 Å². The summed E-state index contributed by atoms with van der Waals surface area (Å²) in [6.45, 7) is 1.78. The minimum absolute atomic E-state index is 0.342. The molecule has 2 aromatic heterocycles. The summed E-state index contributed by atoms with van der Waals surface area (Å²) in [6, 6.07) is 4.27. The summed E-state index contributed by atoms with van der Waals surface area (Å²) in [5.74, 6) is 0.485. The maximum Gasteiger partial charge on any atom is 0.163 e. The van der Waals surface area contributed by atoms with E-state index in [0.717, 1.165) is 0 Å². The molecule has 5 nitrogen and oxygen atoms in total. The van der Waals surface area contributed by atoms with Crippen molar-refractivity contribution in [3.05, 3.63) is 47.2 Å². The molecule has 3 aromatic rings. The van der Waals surface area contributed by atoms with Crippen molar-refractivity contribution >= 4 is 11.0 Å². The van der Waals surface area contributed by atoms with Crippen molar-refractivity contribution in [2.24, 2.45) is 7.05 Å². The molecule has 0 saturated heterocycles. The maximum absolute atomic E-state index is 13.3.